The number of carbonyl (C=O) groups is 3. The van der Waals surface area contributed by atoms with Crippen molar-refractivity contribution in [3.05, 3.63) is 29.3 Å². The van der Waals surface area contributed by atoms with Crippen LogP contribution in [-0.2, 0) is 25.5 Å². The second-order valence-corrected chi connectivity index (χ2v) is 8.76. The molecule has 0 saturated heterocycles. The molecule has 1 aromatic rings. The van der Waals surface area contributed by atoms with Crippen LogP contribution in [0.25, 0.3) is 0 Å². The molecule has 2 N–H and O–H groups in total. The second-order valence-electron chi connectivity index (χ2n) is 8.76. The van der Waals surface area contributed by atoms with E-state index in [4.69, 9.17) is 14.1 Å². The van der Waals surface area contributed by atoms with Crippen molar-refractivity contribution in [1.29, 1.82) is 0 Å². The Hall–Kier alpha value is -2.76. The maximum Gasteiger partial charge on any atom is 0.547 e. The van der Waals surface area contributed by atoms with Crippen molar-refractivity contribution in [2.24, 2.45) is 11.8 Å². The highest BCUT2D eigenvalue weighted by atomic mass is 19.4. The van der Waals surface area contributed by atoms with Crippen molar-refractivity contribution in [3.8, 4) is 5.75 Å². The molecule has 1 amide bonds. The average Bonchev–Trinajstić information content (AvgIpc) is 2.72. The standard InChI is InChI=1S/C22H29BF3NO7/c1-12(2)19(29)32-21(13(3)4)33-20(30)15-8-5-7-14-11-16(23(31)34-18(14)15)27-17(28)9-6-10-22(24,25)26/h5,7-8,12-13,16,21,31H,6,9-11H2,1-4H3,(H,27,28)/t16-,21?/m0/s1. The fourth-order valence-corrected chi connectivity index (χ4v) is 3.15. The Balaban J connectivity index is 2.08. The molecule has 0 fully saturated rings. The third kappa shape index (κ3) is 7.93. The molecule has 1 unspecified atom stereocenters. The van der Waals surface area contributed by atoms with E-state index < -0.39 is 55.7 Å². The number of para-hydroxylation sites is 1. The Morgan fingerprint density at radius 3 is 2.47 bits per heavy atom. The number of ether oxygens (including phenoxy) is 2. The molecule has 1 aromatic carbocycles. The van der Waals surface area contributed by atoms with E-state index in [0.29, 0.717) is 5.56 Å². The minimum Gasteiger partial charge on any atom is -0.534 e. The first kappa shape index (κ1) is 27.5. The number of nitrogens with one attached hydrogen (secondary N) is 1. The van der Waals surface area contributed by atoms with Gasteiger partial charge in [0.1, 0.15) is 11.3 Å². The lowest BCUT2D eigenvalue weighted by Gasteiger charge is -2.29. The molecule has 2 atom stereocenters. The van der Waals surface area contributed by atoms with Gasteiger partial charge in [-0.3, -0.25) is 9.59 Å². The minimum atomic E-state index is -4.35. The third-order valence-electron chi connectivity index (χ3n) is 5.02. The maximum atomic E-state index is 12.8. The van der Waals surface area contributed by atoms with Gasteiger partial charge < -0.3 is 24.5 Å². The molecule has 8 nitrogen and oxygen atoms in total. The van der Waals surface area contributed by atoms with Crippen LogP contribution < -0.4 is 9.97 Å². The molecule has 1 aliphatic heterocycles. The number of carbonyl (C=O) groups excluding carboxylic acids is 3. The zero-order valence-electron chi connectivity index (χ0n) is 19.5. The van der Waals surface area contributed by atoms with Crippen LogP contribution in [0.5, 0.6) is 5.75 Å². The maximum absolute atomic E-state index is 12.8. The predicted molar refractivity (Wildman–Crippen MR) is 116 cm³/mol. The minimum absolute atomic E-state index is 0.00208. The van der Waals surface area contributed by atoms with Crippen LogP contribution in [0.1, 0.15) is 62.9 Å². The van der Waals surface area contributed by atoms with E-state index in [1.54, 1.807) is 39.8 Å². The van der Waals surface area contributed by atoms with Gasteiger partial charge in [-0.2, -0.15) is 13.2 Å². The third-order valence-corrected chi connectivity index (χ3v) is 5.02. The number of fused-ring (bicyclic) bond motifs is 1. The van der Waals surface area contributed by atoms with E-state index in [1.807, 2.05) is 0 Å². The largest absolute Gasteiger partial charge is 0.547 e. The zero-order valence-corrected chi connectivity index (χ0v) is 19.5. The Morgan fingerprint density at radius 1 is 1.21 bits per heavy atom. The summed E-state index contributed by atoms with van der Waals surface area (Å²) in [4.78, 5) is 36.7. The number of benzene rings is 1. The number of esters is 2. The Kier molecular flexibility index (Phi) is 9.37. The van der Waals surface area contributed by atoms with Gasteiger partial charge in [0, 0.05) is 18.8 Å². The van der Waals surface area contributed by atoms with Gasteiger partial charge in [-0.25, -0.2) is 4.79 Å². The molecular weight excluding hydrogens is 458 g/mol. The Bertz CT molecular complexity index is 892. The normalized spacial score (nSPS) is 16.5. The lowest BCUT2D eigenvalue weighted by atomic mass is 9.72. The Morgan fingerprint density at radius 2 is 1.88 bits per heavy atom. The first-order valence-electron chi connectivity index (χ1n) is 11.0. The van der Waals surface area contributed by atoms with Crippen LogP contribution in [0, 0.1) is 11.8 Å². The van der Waals surface area contributed by atoms with E-state index in [0.717, 1.165) is 0 Å². The molecule has 0 spiro atoms. The van der Waals surface area contributed by atoms with Crippen molar-refractivity contribution >= 4 is 25.0 Å². The smallest absolute Gasteiger partial charge is 0.534 e. The van der Waals surface area contributed by atoms with E-state index in [9.17, 15) is 32.6 Å². The highest BCUT2D eigenvalue weighted by Gasteiger charge is 2.38. The number of hydrogen-bond donors (Lipinski definition) is 2. The topological polar surface area (TPSA) is 111 Å². The number of hydrogen-bond acceptors (Lipinski definition) is 7. The van der Waals surface area contributed by atoms with Crippen molar-refractivity contribution in [3.63, 3.8) is 0 Å². The van der Waals surface area contributed by atoms with E-state index in [2.05, 4.69) is 5.32 Å². The average molecular weight is 487 g/mol. The van der Waals surface area contributed by atoms with Crippen molar-refractivity contribution < 1.29 is 46.7 Å². The summed E-state index contributed by atoms with van der Waals surface area (Å²) < 4.78 is 52.9. The second kappa shape index (κ2) is 11.6. The molecule has 34 heavy (non-hydrogen) atoms. The van der Waals surface area contributed by atoms with E-state index in [1.165, 1.54) is 6.07 Å². The molecule has 0 saturated carbocycles. The van der Waals surface area contributed by atoms with Crippen LogP contribution in [0.15, 0.2) is 18.2 Å². The molecule has 0 bridgehead atoms. The molecule has 188 valence electrons. The van der Waals surface area contributed by atoms with Crippen molar-refractivity contribution in [2.75, 3.05) is 0 Å². The fourth-order valence-electron chi connectivity index (χ4n) is 3.15. The summed E-state index contributed by atoms with van der Waals surface area (Å²) in [7, 11) is -1.53. The van der Waals surface area contributed by atoms with E-state index >= 15 is 0 Å². The van der Waals surface area contributed by atoms with Gasteiger partial charge in [0.25, 0.3) is 0 Å². The highest BCUT2D eigenvalue weighted by molar-refractivity contribution is 6.47. The number of rotatable bonds is 9. The van der Waals surface area contributed by atoms with Crippen LogP contribution in [0.4, 0.5) is 13.2 Å². The summed E-state index contributed by atoms with van der Waals surface area (Å²) in [5, 5.41) is 12.8. The summed E-state index contributed by atoms with van der Waals surface area (Å²) in [5.74, 6) is -3.59. The van der Waals surface area contributed by atoms with Gasteiger partial charge in [0.15, 0.2) is 0 Å². The van der Waals surface area contributed by atoms with Crippen LogP contribution in [0.2, 0.25) is 0 Å². The van der Waals surface area contributed by atoms with E-state index in [-0.39, 0.29) is 36.5 Å². The van der Waals surface area contributed by atoms with Crippen LogP contribution in [0.3, 0.4) is 0 Å². The summed E-state index contributed by atoms with van der Waals surface area (Å²) in [6.45, 7) is 6.73. The number of amides is 1. The quantitative estimate of drug-likeness (QED) is 0.313. The van der Waals surface area contributed by atoms with Gasteiger partial charge in [0.05, 0.1) is 11.9 Å². The van der Waals surface area contributed by atoms with Gasteiger partial charge in [-0.1, -0.05) is 39.8 Å². The summed E-state index contributed by atoms with van der Waals surface area (Å²) in [6.07, 6.45) is -7.20. The molecule has 1 heterocycles. The molecule has 2 rings (SSSR count). The lowest BCUT2D eigenvalue weighted by molar-refractivity contribution is -0.179. The number of halogens is 3. The van der Waals surface area contributed by atoms with Crippen LogP contribution >= 0.6 is 0 Å². The lowest BCUT2D eigenvalue weighted by Crippen LogP contribution is -2.53. The SMILES string of the molecule is CC(C)C(=O)OC(OC(=O)c1cccc2c1OB(O)[C@@H](NC(=O)CCCC(F)(F)F)C2)C(C)C. The molecule has 0 aliphatic carbocycles. The number of alkyl halides is 3. The fraction of sp³-hybridized carbons (Fsp3) is 0.591. The molecule has 0 aromatic heterocycles. The highest BCUT2D eigenvalue weighted by Crippen LogP contribution is 2.31. The zero-order chi connectivity index (χ0) is 25.6. The first-order chi connectivity index (χ1) is 15.8. The molecule has 0 radical (unpaired) electrons. The van der Waals surface area contributed by atoms with Gasteiger partial charge in [0.2, 0.25) is 12.2 Å². The van der Waals surface area contributed by atoms with Crippen molar-refractivity contribution in [2.45, 2.75) is 71.8 Å². The van der Waals surface area contributed by atoms with Gasteiger partial charge in [-0.05, 0) is 24.5 Å². The first-order valence-corrected chi connectivity index (χ1v) is 11.0. The molecular formula is C22H29BF3NO7. The van der Waals surface area contributed by atoms with Crippen LogP contribution in [-0.4, -0.2) is 48.4 Å². The van der Waals surface area contributed by atoms with Gasteiger partial charge >= 0.3 is 25.2 Å². The molecule has 1 aliphatic rings. The Labute approximate surface area is 196 Å². The summed E-state index contributed by atoms with van der Waals surface area (Å²) >= 11 is 0. The summed E-state index contributed by atoms with van der Waals surface area (Å²) in [6, 6.07) is 4.61. The molecule has 12 heteroatoms. The van der Waals surface area contributed by atoms with Crippen molar-refractivity contribution in [1.82, 2.24) is 5.32 Å². The summed E-state index contributed by atoms with van der Waals surface area (Å²) in [5.41, 5.74) is 0.485. The monoisotopic (exact) mass is 487 g/mol. The predicted octanol–water partition coefficient (Wildman–Crippen LogP) is 3.20. The van der Waals surface area contributed by atoms with Gasteiger partial charge in [-0.15, -0.1) is 0 Å².